The molecule has 0 bridgehead atoms. The largest absolute Gasteiger partial charge is 0.480 e. The molecule has 0 heterocycles. The van der Waals surface area contributed by atoms with E-state index in [1.807, 2.05) is 5.32 Å². The van der Waals surface area contributed by atoms with Gasteiger partial charge in [0.15, 0.2) is 0 Å². The van der Waals surface area contributed by atoms with Crippen LogP contribution in [0.2, 0.25) is 0 Å². The Balaban J connectivity index is 2.19. The van der Waals surface area contributed by atoms with Gasteiger partial charge in [0, 0.05) is 5.69 Å². The summed E-state index contributed by atoms with van der Waals surface area (Å²) in [6.07, 6.45) is -3.86. The zero-order valence-electron chi connectivity index (χ0n) is 12.1. The molecule has 0 saturated heterocycles. The van der Waals surface area contributed by atoms with E-state index in [1.54, 1.807) is 5.32 Å². The van der Waals surface area contributed by atoms with Crippen molar-refractivity contribution in [2.75, 3.05) is 11.9 Å². The first-order valence-corrected chi connectivity index (χ1v) is 6.92. The third kappa shape index (κ3) is 4.33. The van der Waals surface area contributed by atoms with E-state index in [-0.39, 0.29) is 0 Å². The van der Waals surface area contributed by atoms with Crippen molar-refractivity contribution in [3.8, 4) is 0 Å². The molecule has 24 heavy (non-hydrogen) atoms. The van der Waals surface area contributed by atoms with Crippen molar-refractivity contribution in [1.29, 1.82) is 0 Å². The van der Waals surface area contributed by atoms with Gasteiger partial charge in [-0.3, -0.25) is 9.59 Å². The summed E-state index contributed by atoms with van der Waals surface area (Å²) >= 11 is 0. The number of hydrogen-bond acceptors (Lipinski definition) is 3. The molecule has 1 aliphatic carbocycles. The van der Waals surface area contributed by atoms with Gasteiger partial charge in [0.25, 0.3) is 5.91 Å². The summed E-state index contributed by atoms with van der Waals surface area (Å²) in [5.74, 6) is -6.17. The normalized spacial score (nSPS) is 15.7. The molecule has 1 aromatic carbocycles. The predicted octanol–water partition coefficient (Wildman–Crippen LogP) is 2.53. The molecule has 1 aliphatic rings. The fourth-order valence-corrected chi connectivity index (χ4v) is 2.19. The van der Waals surface area contributed by atoms with Gasteiger partial charge in [-0.1, -0.05) is 0 Å². The zero-order chi connectivity index (χ0) is 18.1. The highest BCUT2D eigenvalue weighted by molar-refractivity contribution is 5.96. The van der Waals surface area contributed by atoms with Gasteiger partial charge in [-0.25, -0.2) is 8.78 Å². The van der Waals surface area contributed by atoms with Crippen molar-refractivity contribution in [3.05, 3.63) is 29.3 Å². The predicted molar refractivity (Wildman–Crippen MR) is 72.5 cm³/mol. The highest BCUT2D eigenvalue weighted by Gasteiger charge is 2.49. The fourth-order valence-electron chi connectivity index (χ4n) is 2.19. The van der Waals surface area contributed by atoms with E-state index < -0.39 is 59.4 Å². The van der Waals surface area contributed by atoms with Crippen molar-refractivity contribution >= 4 is 17.6 Å². The van der Waals surface area contributed by atoms with Gasteiger partial charge in [-0.2, -0.15) is 13.2 Å². The van der Waals surface area contributed by atoms with Crippen molar-refractivity contribution in [2.45, 2.75) is 25.1 Å². The third-order valence-electron chi connectivity index (χ3n) is 3.44. The Labute approximate surface area is 132 Å². The van der Waals surface area contributed by atoms with Crippen LogP contribution in [-0.4, -0.2) is 35.7 Å². The summed E-state index contributed by atoms with van der Waals surface area (Å²) in [5, 5.41) is 12.2. The Bertz CT molecular complexity index is 635. The zero-order valence-corrected chi connectivity index (χ0v) is 12.1. The fraction of sp³-hybridized carbons (Fsp3) is 0.429. The van der Waals surface area contributed by atoms with Crippen molar-refractivity contribution in [1.82, 2.24) is 5.32 Å². The molecule has 1 amide bonds. The molecular formula is C14H13F5N2O3. The Morgan fingerprint density at radius 2 is 1.75 bits per heavy atom. The van der Waals surface area contributed by atoms with E-state index in [0.717, 1.165) is 0 Å². The molecule has 0 radical (unpaired) electrons. The number of carboxylic acids is 1. The monoisotopic (exact) mass is 352 g/mol. The van der Waals surface area contributed by atoms with Crippen LogP contribution in [0.3, 0.4) is 0 Å². The van der Waals surface area contributed by atoms with Gasteiger partial charge >= 0.3 is 12.1 Å². The number of hydrogen-bond donors (Lipinski definition) is 3. The van der Waals surface area contributed by atoms with Gasteiger partial charge in [0.05, 0.1) is 0 Å². The standard InChI is InChI=1S/C14H13F5N2O3/c15-8-3-7(21-12(6-1-2-6)14(17,18)19)4-9(16)11(8)13(24)20-5-10(22)23/h3-4,6,12,21H,1-2,5H2,(H,20,24)(H,22,23). The van der Waals surface area contributed by atoms with E-state index in [2.05, 4.69) is 0 Å². The van der Waals surface area contributed by atoms with E-state index in [4.69, 9.17) is 5.11 Å². The lowest BCUT2D eigenvalue weighted by molar-refractivity contribution is -0.146. The van der Waals surface area contributed by atoms with E-state index >= 15 is 0 Å². The van der Waals surface area contributed by atoms with Crippen LogP contribution in [0.5, 0.6) is 0 Å². The summed E-state index contributed by atoms with van der Waals surface area (Å²) in [6, 6.07) is -0.789. The molecule has 1 unspecified atom stereocenters. The highest BCUT2D eigenvalue weighted by Crippen LogP contribution is 2.41. The lowest BCUT2D eigenvalue weighted by Gasteiger charge is -2.22. The topological polar surface area (TPSA) is 78.4 Å². The number of aliphatic carboxylic acids is 1. The third-order valence-corrected chi connectivity index (χ3v) is 3.44. The van der Waals surface area contributed by atoms with Crippen molar-refractivity contribution < 1.29 is 36.6 Å². The Hall–Kier alpha value is -2.39. The number of amides is 1. The van der Waals surface area contributed by atoms with Gasteiger partial charge in [-0.15, -0.1) is 0 Å². The molecule has 2 rings (SSSR count). The average Bonchev–Trinajstić information content (AvgIpc) is 3.24. The maximum absolute atomic E-state index is 13.9. The average molecular weight is 352 g/mol. The SMILES string of the molecule is O=C(O)CNC(=O)c1c(F)cc(NC(C2CC2)C(F)(F)F)cc1F. The summed E-state index contributed by atoms with van der Waals surface area (Å²) in [4.78, 5) is 21.9. The molecule has 0 spiro atoms. The summed E-state index contributed by atoms with van der Waals surface area (Å²) < 4.78 is 66.5. The number of rotatable bonds is 6. The smallest absolute Gasteiger partial charge is 0.408 e. The van der Waals surface area contributed by atoms with Gasteiger partial charge < -0.3 is 15.7 Å². The van der Waals surface area contributed by atoms with Crippen LogP contribution in [0, 0.1) is 17.6 Å². The number of carbonyl (C=O) groups excluding carboxylic acids is 1. The number of carbonyl (C=O) groups is 2. The molecule has 1 atom stereocenters. The summed E-state index contributed by atoms with van der Waals surface area (Å²) in [5.41, 5.74) is -1.51. The van der Waals surface area contributed by atoms with Crippen molar-refractivity contribution in [2.24, 2.45) is 5.92 Å². The number of carboxylic acid groups (broad SMARTS) is 1. The Morgan fingerprint density at radius 3 is 2.17 bits per heavy atom. The first kappa shape index (κ1) is 18.0. The first-order chi connectivity index (χ1) is 11.1. The van der Waals surface area contributed by atoms with Gasteiger partial charge in [0.1, 0.15) is 29.8 Å². The maximum atomic E-state index is 13.9. The molecule has 0 aromatic heterocycles. The molecule has 1 saturated carbocycles. The van der Waals surface area contributed by atoms with Crippen LogP contribution in [0.4, 0.5) is 27.6 Å². The lowest BCUT2D eigenvalue weighted by atomic mass is 10.1. The number of alkyl halides is 3. The van der Waals surface area contributed by atoms with Crippen LogP contribution in [-0.2, 0) is 4.79 Å². The minimum absolute atomic E-state index is 0.359. The maximum Gasteiger partial charge on any atom is 0.408 e. The van der Waals surface area contributed by atoms with Gasteiger partial charge in [0.2, 0.25) is 0 Å². The van der Waals surface area contributed by atoms with E-state index in [0.29, 0.717) is 25.0 Å². The molecule has 3 N–H and O–H groups in total. The second kappa shape index (κ2) is 6.62. The highest BCUT2D eigenvalue weighted by atomic mass is 19.4. The summed E-state index contributed by atoms with van der Waals surface area (Å²) in [6.45, 7) is -0.852. The first-order valence-electron chi connectivity index (χ1n) is 6.92. The van der Waals surface area contributed by atoms with E-state index in [9.17, 15) is 31.5 Å². The van der Waals surface area contributed by atoms with Crippen LogP contribution < -0.4 is 10.6 Å². The summed E-state index contributed by atoms with van der Waals surface area (Å²) in [7, 11) is 0. The van der Waals surface area contributed by atoms with Crippen molar-refractivity contribution in [3.63, 3.8) is 0 Å². The second-order valence-electron chi connectivity index (χ2n) is 5.39. The number of nitrogens with one attached hydrogen (secondary N) is 2. The number of benzene rings is 1. The minimum Gasteiger partial charge on any atom is -0.480 e. The van der Waals surface area contributed by atoms with Crippen LogP contribution in [0.1, 0.15) is 23.2 Å². The molecule has 5 nitrogen and oxygen atoms in total. The molecule has 10 heteroatoms. The van der Waals surface area contributed by atoms with Gasteiger partial charge in [-0.05, 0) is 30.9 Å². The molecule has 0 aliphatic heterocycles. The van der Waals surface area contributed by atoms with Crippen LogP contribution >= 0.6 is 0 Å². The number of anilines is 1. The Morgan fingerprint density at radius 1 is 1.21 bits per heavy atom. The molecule has 1 fully saturated rings. The van der Waals surface area contributed by atoms with Crippen LogP contribution in [0.15, 0.2) is 12.1 Å². The van der Waals surface area contributed by atoms with E-state index in [1.165, 1.54) is 0 Å². The molecular weight excluding hydrogens is 339 g/mol. The quantitative estimate of drug-likeness (QED) is 0.688. The Kier molecular flexibility index (Phi) is 4.95. The lowest BCUT2D eigenvalue weighted by Crippen LogP contribution is -2.38. The molecule has 132 valence electrons. The minimum atomic E-state index is -4.58. The second-order valence-corrected chi connectivity index (χ2v) is 5.39. The van der Waals surface area contributed by atoms with Crippen LogP contribution in [0.25, 0.3) is 0 Å². The molecule has 1 aromatic rings. The number of halogens is 5.